The fraction of sp³-hybridized carbons (Fsp3) is 0.700. The van der Waals surface area contributed by atoms with Crippen molar-refractivity contribution in [3.8, 4) is 5.75 Å². The van der Waals surface area contributed by atoms with E-state index in [1.54, 1.807) is 0 Å². The third kappa shape index (κ3) is 5.22. The zero-order valence-corrected chi connectivity index (χ0v) is 15.6. The molecule has 0 amide bonds. The molecule has 132 valence electrons. The molecular formula is C20H34O3. The normalized spacial score (nSPS) is 14.1. The Morgan fingerprint density at radius 3 is 1.65 bits per heavy atom. The highest BCUT2D eigenvalue weighted by molar-refractivity contribution is 5.50. The number of aliphatic hydroxyl groups excluding tert-OH is 2. The first-order valence-electron chi connectivity index (χ1n) is 8.62. The van der Waals surface area contributed by atoms with E-state index in [-0.39, 0.29) is 30.0 Å². The Hall–Kier alpha value is -1.06. The molecule has 0 aliphatic rings. The van der Waals surface area contributed by atoms with Gasteiger partial charge < -0.3 is 15.3 Å². The van der Waals surface area contributed by atoms with E-state index >= 15 is 0 Å². The third-order valence-electron chi connectivity index (χ3n) is 4.41. The van der Waals surface area contributed by atoms with Crippen molar-refractivity contribution in [1.29, 1.82) is 0 Å². The molecule has 0 bridgehead atoms. The van der Waals surface area contributed by atoms with Crippen LogP contribution in [0.3, 0.4) is 0 Å². The quantitative estimate of drug-likeness (QED) is 0.734. The van der Waals surface area contributed by atoms with Gasteiger partial charge in [-0.15, -0.1) is 0 Å². The van der Waals surface area contributed by atoms with Gasteiger partial charge in [0.05, 0.1) is 0 Å². The molecule has 1 aromatic carbocycles. The number of rotatable bonds is 6. The molecule has 0 saturated heterocycles. The molecule has 1 aromatic rings. The molecule has 1 rings (SSSR count). The van der Waals surface area contributed by atoms with Gasteiger partial charge in [-0.3, -0.25) is 0 Å². The Morgan fingerprint density at radius 1 is 0.826 bits per heavy atom. The number of hydrogen-bond acceptors (Lipinski definition) is 3. The summed E-state index contributed by atoms with van der Waals surface area (Å²) >= 11 is 0. The molecule has 0 aliphatic heterocycles. The number of phenols is 1. The number of aromatic hydroxyl groups is 1. The van der Waals surface area contributed by atoms with Crippen LogP contribution in [0.5, 0.6) is 5.75 Å². The van der Waals surface area contributed by atoms with Crippen molar-refractivity contribution in [2.75, 3.05) is 13.2 Å². The first-order chi connectivity index (χ1) is 10.5. The zero-order valence-electron chi connectivity index (χ0n) is 15.6. The van der Waals surface area contributed by atoms with Crippen LogP contribution in [0.2, 0.25) is 0 Å². The molecule has 23 heavy (non-hydrogen) atoms. The summed E-state index contributed by atoms with van der Waals surface area (Å²) in [6.07, 6.45) is 2.24. The molecule has 0 heterocycles. The van der Waals surface area contributed by atoms with E-state index < -0.39 is 0 Å². The average molecular weight is 322 g/mol. The van der Waals surface area contributed by atoms with Gasteiger partial charge in [0, 0.05) is 13.2 Å². The van der Waals surface area contributed by atoms with Crippen LogP contribution in [-0.2, 0) is 10.8 Å². The van der Waals surface area contributed by atoms with Gasteiger partial charge in [0.1, 0.15) is 5.75 Å². The molecule has 1 atom stereocenters. The molecule has 3 nitrogen and oxygen atoms in total. The minimum atomic E-state index is -0.152. The molecule has 3 heteroatoms. The Labute approximate surface area is 141 Å². The Balaban J connectivity index is 3.47. The summed E-state index contributed by atoms with van der Waals surface area (Å²) in [5.74, 6) is 0.591. The molecule has 0 saturated carbocycles. The van der Waals surface area contributed by atoms with Crippen LogP contribution in [0.1, 0.15) is 83.4 Å². The van der Waals surface area contributed by atoms with Crippen LogP contribution >= 0.6 is 0 Å². The lowest BCUT2D eigenvalue weighted by molar-refractivity contribution is 0.254. The van der Waals surface area contributed by atoms with Crippen molar-refractivity contribution in [3.05, 3.63) is 28.8 Å². The molecule has 0 radical (unpaired) electrons. The van der Waals surface area contributed by atoms with Gasteiger partial charge >= 0.3 is 0 Å². The molecule has 0 fully saturated rings. The number of aliphatic hydroxyl groups is 2. The van der Waals surface area contributed by atoms with E-state index in [2.05, 4.69) is 53.7 Å². The molecule has 0 aromatic heterocycles. The second kappa shape index (κ2) is 7.67. The summed E-state index contributed by atoms with van der Waals surface area (Å²) < 4.78 is 0. The van der Waals surface area contributed by atoms with E-state index in [1.165, 1.54) is 0 Å². The molecule has 1 unspecified atom stereocenters. The maximum atomic E-state index is 10.8. The van der Waals surface area contributed by atoms with Gasteiger partial charge in [0.15, 0.2) is 0 Å². The SMILES string of the molecule is CC(C)(C)c1cc(C(CCO)CCCO)cc(C(C)(C)C)c1O. The lowest BCUT2D eigenvalue weighted by Crippen LogP contribution is -2.19. The lowest BCUT2D eigenvalue weighted by atomic mass is 9.76. The van der Waals surface area contributed by atoms with Crippen molar-refractivity contribution < 1.29 is 15.3 Å². The van der Waals surface area contributed by atoms with Crippen molar-refractivity contribution in [1.82, 2.24) is 0 Å². The molecule has 3 N–H and O–H groups in total. The van der Waals surface area contributed by atoms with Gasteiger partial charge in [-0.05, 0) is 52.7 Å². The number of phenolic OH excluding ortho intramolecular Hbond substituents is 1. The minimum Gasteiger partial charge on any atom is -0.507 e. The monoisotopic (exact) mass is 322 g/mol. The fourth-order valence-corrected chi connectivity index (χ4v) is 3.01. The second-order valence-corrected chi connectivity index (χ2v) is 8.54. The minimum absolute atomic E-state index is 0.132. The first kappa shape index (κ1) is 20.0. The lowest BCUT2D eigenvalue weighted by Gasteiger charge is -2.30. The van der Waals surface area contributed by atoms with Crippen LogP contribution < -0.4 is 0 Å². The van der Waals surface area contributed by atoms with E-state index in [1.807, 2.05) is 0 Å². The maximum absolute atomic E-state index is 10.8. The van der Waals surface area contributed by atoms with Crippen LogP contribution in [0.15, 0.2) is 12.1 Å². The highest BCUT2D eigenvalue weighted by atomic mass is 16.3. The second-order valence-electron chi connectivity index (χ2n) is 8.54. The van der Waals surface area contributed by atoms with Gasteiger partial charge in [-0.2, -0.15) is 0 Å². The standard InChI is InChI=1S/C20H34O3/c1-19(2,3)16-12-15(14(9-11-22)8-7-10-21)13-17(18(16)23)20(4,5)6/h12-14,21-23H,7-11H2,1-6H3. The highest BCUT2D eigenvalue weighted by Crippen LogP contribution is 2.42. The van der Waals surface area contributed by atoms with E-state index in [0.29, 0.717) is 12.2 Å². The van der Waals surface area contributed by atoms with E-state index in [4.69, 9.17) is 5.11 Å². The van der Waals surface area contributed by atoms with Crippen LogP contribution in [0.4, 0.5) is 0 Å². The number of hydrogen-bond donors (Lipinski definition) is 3. The van der Waals surface area contributed by atoms with Crippen molar-refractivity contribution >= 4 is 0 Å². The smallest absolute Gasteiger partial charge is 0.123 e. The van der Waals surface area contributed by atoms with E-state index in [9.17, 15) is 10.2 Å². The van der Waals surface area contributed by atoms with Crippen LogP contribution in [-0.4, -0.2) is 28.5 Å². The van der Waals surface area contributed by atoms with E-state index in [0.717, 1.165) is 29.5 Å². The zero-order chi connectivity index (χ0) is 17.8. The van der Waals surface area contributed by atoms with Crippen molar-refractivity contribution in [3.63, 3.8) is 0 Å². The third-order valence-corrected chi connectivity index (χ3v) is 4.41. The van der Waals surface area contributed by atoms with Gasteiger partial charge in [0.25, 0.3) is 0 Å². The topological polar surface area (TPSA) is 60.7 Å². The first-order valence-corrected chi connectivity index (χ1v) is 8.62. The van der Waals surface area contributed by atoms with Crippen molar-refractivity contribution in [2.45, 2.75) is 77.6 Å². The summed E-state index contributed by atoms with van der Waals surface area (Å²) in [6, 6.07) is 4.17. The summed E-state index contributed by atoms with van der Waals surface area (Å²) in [4.78, 5) is 0. The fourth-order valence-electron chi connectivity index (χ4n) is 3.01. The predicted molar refractivity (Wildman–Crippen MR) is 96.3 cm³/mol. The van der Waals surface area contributed by atoms with Crippen molar-refractivity contribution in [2.24, 2.45) is 0 Å². The average Bonchev–Trinajstić information content (AvgIpc) is 2.41. The summed E-state index contributed by atoms with van der Waals surface area (Å²) in [5, 5.41) is 29.3. The number of benzene rings is 1. The van der Waals surface area contributed by atoms with Gasteiger partial charge in [-0.1, -0.05) is 53.7 Å². The Morgan fingerprint density at radius 2 is 1.30 bits per heavy atom. The molecule has 0 spiro atoms. The summed E-state index contributed by atoms with van der Waals surface area (Å²) in [6.45, 7) is 12.9. The Bertz CT molecular complexity index is 472. The van der Waals surface area contributed by atoms with Gasteiger partial charge in [0.2, 0.25) is 0 Å². The Kier molecular flexibility index (Phi) is 6.67. The van der Waals surface area contributed by atoms with Crippen LogP contribution in [0, 0.1) is 0 Å². The molecule has 0 aliphatic carbocycles. The summed E-state index contributed by atoms with van der Waals surface area (Å²) in [7, 11) is 0. The predicted octanol–water partition coefficient (Wildman–Crippen LogP) is 4.23. The summed E-state index contributed by atoms with van der Waals surface area (Å²) in [5.41, 5.74) is 2.75. The molecular weight excluding hydrogens is 288 g/mol. The van der Waals surface area contributed by atoms with Crippen LogP contribution in [0.25, 0.3) is 0 Å². The maximum Gasteiger partial charge on any atom is 0.123 e. The highest BCUT2D eigenvalue weighted by Gasteiger charge is 2.27. The van der Waals surface area contributed by atoms with Gasteiger partial charge in [-0.25, -0.2) is 0 Å². The largest absolute Gasteiger partial charge is 0.507 e.